The summed E-state index contributed by atoms with van der Waals surface area (Å²) in [5, 5.41) is 3.51. The Kier molecular flexibility index (Phi) is 5.16. The van der Waals surface area contributed by atoms with Crippen molar-refractivity contribution in [2.75, 3.05) is 0 Å². The normalized spacial score (nSPS) is 21.8. The van der Waals surface area contributed by atoms with Gasteiger partial charge in [-0.05, 0) is 44.2 Å². The van der Waals surface area contributed by atoms with Crippen molar-refractivity contribution in [3.63, 3.8) is 0 Å². The number of rotatable bonds is 3. The maximum atomic E-state index is 12.7. The van der Waals surface area contributed by atoms with Crippen molar-refractivity contribution in [1.82, 2.24) is 5.32 Å². The van der Waals surface area contributed by atoms with Crippen LogP contribution in [-0.4, -0.2) is 18.0 Å². The Labute approximate surface area is 151 Å². The average molecular weight is 368 g/mol. The van der Waals surface area contributed by atoms with Gasteiger partial charge in [0.2, 0.25) is 5.91 Å². The molecule has 24 heavy (non-hydrogen) atoms. The lowest BCUT2D eigenvalue weighted by atomic mass is 9.84. The molecule has 1 fully saturated rings. The van der Waals surface area contributed by atoms with Crippen molar-refractivity contribution in [2.24, 2.45) is 0 Å². The molecular formula is C18H19Cl2NO3. The van der Waals surface area contributed by atoms with Crippen LogP contribution in [-0.2, 0) is 14.3 Å². The molecule has 6 heteroatoms. The summed E-state index contributed by atoms with van der Waals surface area (Å²) in [4.78, 5) is 24.7. The Morgan fingerprint density at radius 1 is 1.25 bits per heavy atom. The molecule has 1 aromatic rings. The zero-order valence-electron chi connectivity index (χ0n) is 13.4. The third-order valence-electron chi connectivity index (χ3n) is 4.62. The second-order valence-corrected chi connectivity index (χ2v) is 7.08. The number of allylic oxidation sites excluding steroid dienone is 1. The molecule has 1 aliphatic heterocycles. The average Bonchev–Trinajstić information content (AvgIpc) is 3.02. The summed E-state index contributed by atoms with van der Waals surface area (Å²) in [7, 11) is 0. The minimum atomic E-state index is -0.446. The Hall–Kier alpha value is -1.52. The molecule has 1 heterocycles. The highest BCUT2D eigenvalue weighted by molar-refractivity contribution is 6.42. The minimum Gasteiger partial charge on any atom is -0.459 e. The molecule has 3 rings (SSSR count). The van der Waals surface area contributed by atoms with Crippen molar-refractivity contribution >= 4 is 35.1 Å². The first-order valence-corrected chi connectivity index (χ1v) is 8.88. The molecule has 0 spiro atoms. The first-order valence-electron chi connectivity index (χ1n) is 8.13. The van der Waals surface area contributed by atoms with Crippen LogP contribution in [0.25, 0.3) is 0 Å². The van der Waals surface area contributed by atoms with Gasteiger partial charge >= 0.3 is 5.97 Å². The molecule has 1 aliphatic carbocycles. The molecule has 1 atom stereocenters. The predicted octanol–water partition coefficient (Wildman–Crippen LogP) is 4.36. The summed E-state index contributed by atoms with van der Waals surface area (Å²) in [5.74, 6) is -0.967. The molecule has 0 bridgehead atoms. The summed E-state index contributed by atoms with van der Waals surface area (Å²) < 4.78 is 5.65. The van der Waals surface area contributed by atoms with Crippen molar-refractivity contribution in [3.8, 4) is 0 Å². The predicted molar refractivity (Wildman–Crippen MR) is 93.0 cm³/mol. The second-order valence-electron chi connectivity index (χ2n) is 6.30. The fourth-order valence-electron chi connectivity index (χ4n) is 3.45. The highest BCUT2D eigenvalue weighted by Crippen LogP contribution is 2.40. The lowest BCUT2D eigenvalue weighted by Crippen LogP contribution is -2.35. The van der Waals surface area contributed by atoms with Crippen LogP contribution in [0.3, 0.4) is 0 Å². The Morgan fingerprint density at radius 2 is 1.96 bits per heavy atom. The van der Waals surface area contributed by atoms with Crippen LogP contribution in [0.2, 0.25) is 10.0 Å². The van der Waals surface area contributed by atoms with E-state index in [4.69, 9.17) is 27.9 Å². The number of esters is 1. The quantitative estimate of drug-likeness (QED) is 0.807. The lowest BCUT2D eigenvalue weighted by Gasteiger charge is -2.28. The minimum absolute atomic E-state index is 0.0362. The van der Waals surface area contributed by atoms with E-state index in [1.165, 1.54) is 0 Å². The fourth-order valence-corrected chi connectivity index (χ4v) is 3.89. The molecule has 0 radical (unpaired) electrons. The molecule has 128 valence electrons. The number of carbonyl (C=O) groups is 2. The van der Waals surface area contributed by atoms with Gasteiger partial charge in [0.15, 0.2) is 0 Å². The number of nitrogens with one attached hydrogen (secondary N) is 1. The number of hydrogen-bond donors (Lipinski definition) is 1. The maximum Gasteiger partial charge on any atom is 0.336 e. The zero-order chi connectivity index (χ0) is 17.3. The molecular weight excluding hydrogens is 349 g/mol. The molecule has 2 aliphatic rings. The van der Waals surface area contributed by atoms with Crippen LogP contribution < -0.4 is 5.32 Å². The van der Waals surface area contributed by atoms with E-state index in [1.807, 2.05) is 0 Å². The van der Waals surface area contributed by atoms with E-state index in [9.17, 15) is 9.59 Å². The molecule has 1 aromatic carbocycles. The first-order chi connectivity index (χ1) is 11.5. The van der Waals surface area contributed by atoms with Gasteiger partial charge in [-0.15, -0.1) is 0 Å². The SMILES string of the molecule is CC1=C(C(=O)OC2CCCC2)[C@H](c2cccc(Cl)c2Cl)CC(=O)N1. The summed E-state index contributed by atoms with van der Waals surface area (Å²) in [6, 6.07) is 5.25. The number of halogens is 2. The highest BCUT2D eigenvalue weighted by Gasteiger charge is 2.35. The lowest BCUT2D eigenvalue weighted by molar-refractivity contribution is -0.144. The molecule has 1 amide bonds. The topological polar surface area (TPSA) is 55.4 Å². The fraction of sp³-hybridized carbons (Fsp3) is 0.444. The van der Waals surface area contributed by atoms with Gasteiger partial charge in [0.25, 0.3) is 0 Å². The molecule has 1 saturated carbocycles. The van der Waals surface area contributed by atoms with E-state index in [0.29, 0.717) is 26.9 Å². The smallest absolute Gasteiger partial charge is 0.336 e. The summed E-state index contributed by atoms with van der Waals surface area (Å²) in [6.45, 7) is 1.72. The van der Waals surface area contributed by atoms with Crippen molar-refractivity contribution in [2.45, 2.75) is 51.0 Å². The Balaban J connectivity index is 1.95. The molecule has 0 saturated heterocycles. The van der Waals surface area contributed by atoms with Crippen molar-refractivity contribution in [1.29, 1.82) is 0 Å². The van der Waals surface area contributed by atoms with Gasteiger partial charge in [0.1, 0.15) is 6.10 Å². The maximum absolute atomic E-state index is 12.7. The first kappa shape index (κ1) is 17.3. The van der Waals surface area contributed by atoms with Crippen LogP contribution in [0, 0.1) is 0 Å². The van der Waals surface area contributed by atoms with Crippen LogP contribution in [0.1, 0.15) is 50.5 Å². The van der Waals surface area contributed by atoms with Crippen LogP contribution >= 0.6 is 23.2 Å². The van der Waals surface area contributed by atoms with Gasteiger partial charge in [-0.2, -0.15) is 0 Å². The zero-order valence-corrected chi connectivity index (χ0v) is 14.9. The number of carbonyl (C=O) groups excluding carboxylic acids is 2. The third kappa shape index (κ3) is 3.45. The number of amides is 1. The highest BCUT2D eigenvalue weighted by atomic mass is 35.5. The van der Waals surface area contributed by atoms with Crippen molar-refractivity contribution in [3.05, 3.63) is 45.1 Å². The van der Waals surface area contributed by atoms with Crippen LogP contribution in [0.5, 0.6) is 0 Å². The summed E-state index contributed by atoms with van der Waals surface area (Å²) in [5.41, 5.74) is 1.66. The van der Waals surface area contributed by atoms with E-state index < -0.39 is 5.92 Å². The van der Waals surface area contributed by atoms with E-state index in [0.717, 1.165) is 25.7 Å². The summed E-state index contributed by atoms with van der Waals surface area (Å²) >= 11 is 12.4. The number of benzene rings is 1. The Bertz CT molecular complexity index is 708. The van der Waals surface area contributed by atoms with Gasteiger partial charge in [0.05, 0.1) is 15.6 Å². The monoisotopic (exact) mass is 367 g/mol. The van der Waals surface area contributed by atoms with Gasteiger partial charge in [-0.25, -0.2) is 4.79 Å². The number of hydrogen-bond acceptors (Lipinski definition) is 3. The van der Waals surface area contributed by atoms with Gasteiger partial charge in [0, 0.05) is 18.0 Å². The van der Waals surface area contributed by atoms with E-state index in [-0.39, 0.29) is 24.4 Å². The van der Waals surface area contributed by atoms with Crippen LogP contribution in [0.15, 0.2) is 29.5 Å². The van der Waals surface area contributed by atoms with Gasteiger partial charge < -0.3 is 10.1 Å². The number of ether oxygens (including phenoxy) is 1. The second kappa shape index (κ2) is 7.16. The van der Waals surface area contributed by atoms with E-state index in [1.54, 1.807) is 25.1 Å². The van der Waals surface area contributed by atoms with Gasteiger partial charge in [-0.1, -0.05) is 35.3 Å². The molecule has 0 unspecified atom stereocenters. The van der Waals surface area contributed by atoms with E-state index >= 15 is 0 Å². The summed E-state index contributed by atoms with van der Waals surface area (Å²) in [6.07, 6.45) is 4.06. The molecule has 1 N–H and O–H groups in total. The third-order valence-corrected chi connectivity index (χ3v) is 5.46. The van der Waals surface area contributed by atoms with Gasteiger partial charge in [-0.3, -0.25) is 4.79 Å². The largest absolute Gasteiger partial charge is 0.459 e. The Morgan fingerprint density at radius 3 is 2.67 bits per heavy atom. The standard InChI is InChI=1S/C18H19Cl2NO3/c1-10-16(18(23)24-11-5-2-3-6-11)13(9-15(22)21-10)12-7-4-8-14(19)17(12)20/h4,7-8,11,13H,2-3,5-6,9H2,1H3,(H,21,22)/t13-/m0/s1. The van der Waals surface area contributed by atoms with E-state index in [2.05, 4.69) is 5.32 Å². The molecule has 4 nitrogen and oxygen atoms in total. The molecule has 0 aromatic heterocycles. The van der Waals surface area contributed by atoms with Crippen molar-refractivity contribution < 1.29 is 14.3 Å². The van der Waals surface area contributed by atoms with Crippen LogP contribution in [0.4, 0.5) is 0 Å².